The second kappa shape index (κ2) is 10.1. The predicted molar refractivity (Wildman–Crippen MR) is 118 cm³/mol. The van der Waals surface area contributed by atoms with Gasteiger partial charge in [0.15, 0.2) is 5.82 Å². The van der Waals surface area contributed by atoms with Gasteiger partial charge in [-0.2, -0.15) is 4.98 Å². The molecule has 2 heterocycles. The van der Waals surface area contributed by atoms with E-state index in [1.54, 1.807) is 6.92 Å². The molecular formula is C24H32N4O4. The number of nitrogens with zero attached hydrogens (tertiary/aromatic N) is 4. The Balaban J connectivity index is 1.29. The number of likely N-dealkylation sites (tertiary alicyclic amines) is 1. The minimum Gasteiger partial charge on any atom is -0.494 e. The quantitative estimate of drug-likeness (QED) is 0.596. The standard InChI is InChI=1S/C24H32N4O4/c1-3-31-21-9-7-18(8-10-21)15-23(30)27-13-11-20(16-27)28(17(2)29)14-12-22-25-24(32-26-22)19-5-4-6-19/h7-10,19-20H,3-6,11-16H2,1-2H3. The molecule has 2 fully saturated rings. The monoisotopic (exact) mass is 440 g/mol. The van der Waals surface area contributed by atoms with Gasteiger partial charge in [0.2, 0.25) is 17.7 Å². The number of hydrogen-bond acceptors (Lipinski definition) is 6. The summed E-state index contributed by atoms with van der Waals surface area (Å²) in [6, 6.07) is 7.67. The number of ether oxygens (including phenoxy) is 1. The van der Waals surface area contributed by atoms with Crippen LogP contribution in [0.25, 0.3) is 0 Å². The highest BCUT2D eigenvalue weighted by Gasteiger charge is 2.32. The Bertz CT molecular complexity index is 922. The number of amides is 2. The van der Waals surface area contributed by atoms with Gasteiger partial charge in [-0.15, -0.1) is 0 Å². The van der Waals surface area contributed by atoms with Crippen molar-refractivity contribution in [2.24, 2.45) is 0 Å². The van der Waals surface area contributed by atoms with Crippen LogP contribution >= 0.6 is 0 Å². The Morgan fingerprint density at radius 3 is 2.66 bits per heavy atom. The highest BCUT2D eigenvalue weighted by atomic mass is 16.5. The van der Waals surface area contributed by atoms with Gasteiger partial charge in [-0.05, 0) is 43.9 Å². The van der Waals surface area contributed by atoms with Crippen molar-refractivity contribution in [1.82, 2.24) is 19.9 Å². The molecule has 2 amide bonds. The molecule has 1 aliphatic carbocycles. The maximum Gasteiger partial charge on any atom is 0.229 e. The minimum atomic E-state index is 0.0125. The van der Waals surface area contributed by atoms with Crippen LogP contribution in [0, 0.1) is 0 Å². The normalized spacial score (nSPS) is 18.4. The summed E-state index contributed by atoms with van der Waals surface area (Å²) in [6.45, 7) is 5.91. The van der Waals surface area contributed by atoms with Crippen LogP contribution in [0.3, 0.4) is 0 Å². The van der Waals surface area contributed by atoms with Crippen LogP contribution in [-0.2, 0) is 22.4 Å². The third-order valence-electron chi connectivity index (χ3n) is 6.47. The summed E-state index contributed by atoms with van der Waals surface area (Å²) in [7, 11) is 0. The highest BCUT2D eigenvalue weighted by Crippen LogP contribution is 2.35. The zero-order chi connectivity index (χ0) is 22.5. The first-order chi connectivity index (χ1) is 15.5. The number of benzene rings is 1. The van der Waals surface area contributed by atoms with Gasteiger partial charge in [-0.1, -0.05) is 23.7 Å². The second-order valence-electron chi connectivity index (χ2n) is 8.68. The van der Waals surface area contributed by atoms with E-state index in [4.69, 9.17) is 9.26 Å². The molecule has 0 spiro atoms. The molecule has 1 saturated heterocycles. The molecule has 1 aromatic carbocycles. The Morgan fingerprint density at radius 1 is 1.22 bits per heavy atom. The fraction of sp³-hybridized carbons (Fsp3) is 0.583. The van der Waals surface area contributed by atoms with E-state index in [1.165, 1.54) is 6.42 Å². The van der Waals surface area contributed by atoms with Crippen molar-refractivity contribution in [3.05, 3.63) is 41.5 Å². The van der Waals surface area contributed by atoms with Crippen LogP contribution in [0.1, 0.15) is 62.7 Å². The largest absolute Gasteiger partial charge is 0.494 e. The maximum absolute atomic E-state index is 12.8. The van der Waals surface area contributed by atoms with Crippen LogP contribution in [0.5, 0.6) is 5.75 Å². The van der Waals surface area contributed by atoms with Crippen LogP contribution in [0.4, 0.5) is 0 Å². The lowest BCUT2D eigenvalue weighted by Crippen LogP contribution is -2.43. The lowest BCUT2D eigenvalue weighted by atomic mass is 9.85. The SMILES string of the molecule is CCOc1ccc(CC(=O)N2CCC(N(CCc3noc(C4CCC4)n3)C(C)=O)C2)cc1. The lowest BCUT2D eigenvalue weighted by molar-refractivity contribution is -0.133. The molecule has 1 saturated carbocycles. The van der Waals surface area contributed by atoms with Crippen molar-refractivity contribution < 1.29 is 18.8 Å². The fourth-order valence-corrected chi connectivity index (χ4v) is 4.39. The molecule has 8 heteroatoms. The van der Waals surface area contributed by atoms with Crippen molar-refractivity contribution in [1.29, 1.82) is 0 Å². The maximum atomic E-state index is 12.8. The Kier molecular flexibility index (Phi) is 7.07. The zero-order valence-corrected chi connectivity index (χ0v) is 19.0. The van der Waals surface area contributed by atoms with E-state index >= 15 is 0 Å². The van der Waals surface area contributed by atoms with Crippen molar-refractivity contribution in [3.63, 3.8) is 0 Å². The summed E-state index contributed by atoms with van der Waals surface area (Å²) in [5.41, 5.74) is 0.963. The highest BCUT2D eigenvalue weighted by molar-refractivity contribution is 5.79. The molecule has 0 bridgehead atoms. The van der Waals surface area contributed by atoms with Gasteiger partial charge in [-0.3, -0.25) is 9.59 Å². The minimum absolute atomic E-state index is 0.0125. The van der Waals surface area contributed by atoms with Crippen LogP contribution in [0.15, 0.2) is 28.8 Å². The number of rotatable bonds is 9. The van der Waals surface area contributed by atoms with Crippen LogP contribution in [0.2, 0.25) is 0 Å². The third-order valence-corrected chi connectivity index (χ3v) is 6.47. The molecule has 1 atom stereocenters. The number of carbonyl (C=O) groups excluding carboxylic acids is 2. The third kappa shape index (κ3) is 5.29. The van der Waals surface area contributed by atoms with Gasteiger partial charge in [0, 0.05) is 38.9 Å². The first kappa shape index (κ1) is 22.3. The molecule has 1 aromatic heterocycles. The van der Waals surface area contributed by atoms with E-state index in [2.05, 4.69) is 10.1 Å². The first-order valence-corrected chi connectivity index (χ1v) is 11.6. The summed E-state index contributed by atoms with van der Waals surface area (Å²) in [6.07, 6.45) is 5.15. The average Bonchev–Trinajstić information content (AvgIpc) is 3.39. The first-order valence-electron chi connectivity index (χ1n) is 11.6. The smallest absolute Gasteiger partial charge is 0.229 e. The van der Waals surface area contributed by atoms with Crippen molar-refractivity contribution in [2.45, 2.75) is 64.3 Å². The number of carbonyl (C=O) groups is 2. The van der Waals surface area contributed by atoms with Gasteiger partial charge < -0.3 is 19.1 Å². The molecular weight excluding hydrogens is 408 g/mol. The summed E-state index contributed by atoms with van der Waals surface area (Å²) in [5, 5.41) is 4.09. The molecule has 32 heavy (non-hydrogen) atoms. The van der Waals surface area contributed by atoms with E-state index in [1.807, 2.05) is 41.0 Å². The lowest BCUT2D eigenvalue weighted by Gasteiger charge is -2.27. The molecule has 1 aliphatic heterocycles. The molecule has 172 valence electrons. The topological polar surface area (TPSA) is 88.8 Å². The molecule has 0 N–H and O–H groups in total. The van der Waals surface area contributed by atoms with E-state index in [0.29, 0.717) is 50.8 Å². The summed E-state index contributed by atoms with van der Waals surface area (Å²) < 4.78 is 10.8. The Labute approximate surface area is 188 Å². The molecule has 2 aromatic rings. The van der Waals surface area contributed by atoms with Gasteiger partial charge >= 0.3 is 0 Å². The molecule has 0 radical (unpaired) electrons. The number of aromatic nitrogens is 2. The zero-order valence-electron chi connectivity index (χ0n) is 19.0. The van der Waals surface area contributed by atoms with E-state index in [9.17, 15) is 9.59 Å². The Hall–Kier alpha value is -2.90. The second-order valence-corrected chi connectivity index (χ2v) is 8.68. The summed E-state index contributed by atoms with van der Waals surface area (Å²) >= 11 is 0. The molecule has 1 unspecified atom stereocenters. The van der Waals surface area contributed by atoms with Crippen LogP contribution < -0.4 is 4.74 Å². The predicted octanol–water partition coefficient (Wildman–Crippen LogP) is 2.97. The van der Waals surface area contributed by atoms with Crippen molar-refractivity contribution in [2.75, 3.05) is 26.2 Å². The van der Waals surface area contributed by atoms with E-state index in [-0.39, 0.29) is 17.9 Å². The number of hydrogen-bond donors (Lipinski definition) is 0. The van der Waals surface area contributed by atoms with E-state index in [0.717, 1.165) is 36.5 Å². The average molecular weight is 441 g/mol. The Morgan fingerprint density at radius 2 is 2.00 bits per heavy atom. The van der Waals surface area contributed by atoms with Gasteiger partial charge in [0.1, 0.15) is 5.75 Å². The van der Waals surface area contributed by atoms with Gasteiger partial charge in [0.25, 0.3) is 0 Å². The van der Waals surface area contributed by atoms with E-state index < -0.39 is 0 Å². The van der Waals surface area contributed by atoms with Crippen LogP contribution in [-0.4, -0.2) is 64.0 Å². The molecule has 8 nitrogen and oxygen atoms in total. The summed E-state index contributed by atoms with van der Waals surface area (Å²) in [5.74, 6) is 2.70. The molecule has 4 rings (SSSR count). The van der Waals surface area contributed by atoms with Gasteiger partial charge in [0.05, 0.1) is 19.1 Å². The molecule has 2 aliphatic rings. The van der Waals surface area contributed by atoms with Gasteiger partial charge in [-0.25, -0.2) is 0 Å². The summed E-state index contributed by atoms with van der Waals surface area (Å²) in [4.78, 5) is 33.3. The fourth-order valence-electron chi connectivity index (χ4n) is 4.39. The van der Waals surface area contributed by atoms with Crippen molar-refractivity contribution >= 4 is 11.8 Å². The van der Waals surface area contributed by atoms with Crippen molar-refractivity contribution in [3.8, 4) is 5.75 Å².